The molecule has 0 aliphatic carbocycles. The van der Waals surface area contributed by atoms with Gasteiger partial charge in [-0.25, -0.2) is 0 Å². The molecule has 2 N–H and O–H groups in total. The maximum absolute atomic E-state index is 5.56. The Hall–Kier alpha value is -0.120. The Balaban J connectivity index is 0.00000338. The zero-order chi connectivity index (χ0) is 18.3. The van der Waals surface area contributed by atoms with Gasteiger partial charge < -0.3 is 20.3 Å². The van der Waals surface area contributed by atoms with Crippen molar-refractivity contribution in [1.82, 2.24) is 20.4 Å². The van der Waals surface area contributed by atoms with Crippen LogP contribution in [-0.4, -0.2) is 87.4 Å². The van der Waals surface area contributed by atoms with E-state index in [0.29, 0.717) is 0 Å². The molecule has 7 heteroatoms. The molecular formula is C19H40IN5O. The van der Waals surface area contributed by atoms with Crippen molar-refractivity contribution in [3.63, 3.8) is 0 Å². The van der Waals surface area contributed by atoms with E-state index in [1.165, 1.54) is 32.4 Å². The molecule has 0 atom stereocenters. The van der Waals surface area contributed by atoms with Crippen molar-refractivity contribution in [3.8, 4) is 0 Å². The van der Waals surface area contributed by atoms with Crippen LogP contribution in [0.15, 0.2) is 4.99 Å². The molecule has 0 radical (unpaired) electrons. The molecule has 0 saturated carbocycles. The lowest BCUT2D eigenvalue weighted by Gasteiger charge is -2.43. The van der Waals surface area contributed by atoms with Crippen molar-refractivity contribution in [1.29, 1.82) is 0 Å². The molecule has 0 aromatic rings. The standard InChI is InChI=1S/C19H39N5O.HI/c1-18(2,24-11-7-6-8-12-24)15-21-17(20-3)22-16-19(23(4)5)9-13-25-14-10-19;/h6-16H2,1-5H3,(H2,20,21,22);1H. The maximum atomic E-state index is 5.56. The number of ether oxygens (including phenoxy) is 1. The first-order valence-electron chi connectivity index (χ1n) is 9.84. The molecule has 2 saturated heterocycles. The van der Waals surface area contributed by atoms with E-state index in [2.05, 4.69) is 53.4 Å². The number of nitrogens with one attached hydrogen (secondary N) is 2. The zero-order valence-corrected chi connectivity index (χ0v) is 19.8. The monoisotopic (exact) mass is 481 g/mol. The van der Waals surface area contributed by atoms with Gasteiger partial charge in [0, 0.05) is 44.4 Å². The molecule has 2 fully saturated rings. The van der Waals surface area contributed by atoms with Crippen LogP contribution in [0, 0.1) is 0 Å². The number of hydrogen-bond acceptors (Lipinski definition) is 4. The second-order valence-electron chi connectivity index (χ2n) is 8.37. The second-order valence-corrected chi connectivity index (χ2v) is 8.37. The Labute approximate surface area is 177 Å². The number of likely N-dealkylation sites (tertiary alicyclic amines) is 1. The van der Waals surface area contributed by atoms with Crippen LogP contribution in [0.2, 0.25) is 0 Å². The van der Waals surface area contributed by atoms with E-state index in [4.69, 9.17) is 4.74 Å². The van der Waals surface area contributed by atoms with Crippen LogP contribution in [0.25, 0.3) is 0 Å². The summed E-state index contributed by atoms with van der Waals surface area (Å²) < 4.78 is 5.56. The van der Waals surface area contributed by atoms with Crippen LogP contribution in [0.3, 0.4) is 0 Å². The quantitative estimate of drug-likeness (QED) is 0.346. The van der Waals surface area contributed by atoms with E-state index in [1.807, 2.05) is 7.05 Å². The summed E-state index contributed by atoms with van der Waals surface area (Å²) in [5.74, 6) is 0.901. The van der Waals surface area contributed by atoms with E-state index in [9.17, 15) is 0 Å². The highest BCUT2D eigenvalue weighted by molar-refractivity contribution is 14.0. The van der Waals surface area contributed by atoms with Gasteiger partial charge in [0.1, 0.15) is 0 Å². The summed E-state index contributed by atoms with van der Waals surface area (Å²) in [7, 11) is 6.20. The Morgan fingerprint density at radius 3 is 2.27 bits per heavy atom. The van der Waals surface area contributed by atoms with E-state index in [-0.39, 0.29) is 35.1 Å². The zero-order valence-electron chi connectivity index (χ0n) is 17.4. The Kier molecular flexibility index (Phi) is 10.1. The van der Waals surface area contributed by atoms with Crippen LogP contribution in [0.1, 0.15) is 46.0 Å². The topological polar surface area (TPSA) is 52.1 Å². The van der Waals surface area contributed by atoms with Gasteiger partial charge in [0.15, 0.2) is 5.96 Å². The molecule has 0 unspecified atom stereocenters. The highest BCUT2D eigenvalue weighted by Crippen LogP contribution is 2.25. The normalized spacial score (nSPS) is 22.0. The van der Waals surface area contributed by atoms with Gasteiger partial charge in [-0.2, -0.15) is 0 Å². The highest BCUT2D eigenvalue weighted by atomic mass is 127. The molecule has 0 aromatic carbocycles. The molecule has 2 heterocycles. The fourth-order valence-electron chi connectivity index (χ4n) is 3.91. The molecule has 0 bridgehead atoms. The van der Waals surface area contributed by atoms with Crippen molar-refractivity contribution in [2.24, 2.45) is 4.99 Å². The van der Waals surface area contributed by atoms with Gasteiger partial charge in [0.05, 0.1) is 0 Å². The SMILES string of the molecule is CN=C(NCC(C)(C)N1CCCCC1)NCC1(N(C)C)CCOCC1.I. The third-order valence-electron chi connectivity index (χ3n) is 6.08. The lowest BCUT2D eigenvalue weighted by molar-refractivity contribution is -0.00504. The molecular weight excluding hydrogens is 441 g/mol. The average Bonchev–Trinajstić information content (AvgIpc) is 2.63. The minimum Gasteiger partial charge on any atom is -0.381 e. The summed E-state index contributed by atoms with van der Waals surface area (Å²) in [6.07, 6.45) is 6.14. The second kappa shape index (κ2) is 11.0. The van der Waals surface area contributed by atoms with Crippen LogP contribution >= 0.6 is 24.0 Å². The largest absolute Gasteiger partial charge is 0.381 e. The summed E-state index contributed by atoms with van der Waals surface area (Å²) in [6.45, 7) is 10.6. The van der Waals surface area contributed by atoms with Crippen molar-refractivity contribution >= 4 is 29.9 Å². The number of halogens is 1. The fraction of sp³-hybridized carbons (Fsp3) is 0.947. The minimum absolute atomic E-state index is 0. The van der Waals surface area contributed by atoms with Crippen molar-refractivity contribution in [3.05, 3.63) is 0 Å². The number of guanidine groups is 1. The van der Waals surface area contributed by atoms with Gasteiger partial charge in [0.2, 0.25) is 0 Å². The molecule has 2 aliphatic heterocycles. The predicted octanol–water partition coefficient (Wildman–Crippen LogP) is 2.14. The van der Waals surface area contributed by atoms with Crippen molar-refractivity contribution in [2.75, 3.05) is 60.5 Å². The molecule has 6 nitrogen and oxygen atoms in total. The van der Waals surface area contributed by atoms with Gasteiger partial charge in [-0.1, -0.05) is 6.42 Å². The average molecular weight is 481 g/mol. The molecule has 26 heavy (non-hydrogen) atoms. The first-order valence-corrected chi connectivity index (χ1v) is 9.84. The molecule has 0 aromatic heterocycles. The summed E-state index contributed by atoms with van der Waals surface area (Å²) in [6, 6.07) is 0. The summed E-state index contributed by atoms with van der Waals surface area (Å²) in [5.41, 5.74) is 0.300. The molecule has 0 amide bonds. The number of aliphatic imine (C=N–C) groups is 1. The molecule has 0 spiro atoms. The van der Waals surface area contributed by atoms with E-state index in [1.54, 1.807) is 0 Å². The lowest BCUT2D eigenvalue weighted by Crippen LogP contribution is -2.59. The number of piperidine rings is 1. The third-order valence-corrected chi connectivity index (χ3v) is 6.08. The highest BCUT2D eigenvalue weighted by Gasteiger charge is 2.35. The summed E-state index contributed by atoms with van der Waals surface area (Å²) in [5, 5.41) is 7.11. The Morgan fingerprint density at radius 2 is 1.73 bits per heavy atom. The number of hydrogen-bond donors (Lipinski definition) is 2. The van der Waals surface area contributed by atoms with Gasteiger partial charge in [-0.05, 0) is 66.7 Å². The van der Waals surface area contributed by atoms with Crippen LogP contribution in [0.4, 0.5) is 0 Å². The number of rotatable bonds is 6. The van der Waals surface area contributed by atoms with Crippen molar-refractivity contribution in [2.45, 2.75) is 57.0 Å². The number of likely N-dealkylation sites (N-methyl/N-ethyl adjacent to an activating group) is 1. The lowest BCUT2D eigenvalue weighted by atomic mass is 9.88. The fourth-order valence-corrected chi connectivity index (χ4v) is 3.91. The van der Waals surface area contributed by atoms with Gasteiger partial charge >= 0.3 is 0 Å². The molecule has 2 aliphatic rings. The Morgan fingerprint density at radius 1 is 1.12 bits per heavy atom. The molecule has 2 rings (SSSR count). The van der Waals surface area contributed by atoms with Crippen LogP contribution in [-0.2, 0) is 4.74 Å². The first kappa shape index (κ1) is 23.9. The predicted molar refractivity (Wildman–Crippen MR) is 121 cm³/mol. The van der Waals surface area contributed by atoms with Gasteiger partial charge in [0.25, 0.3) is 0 Å². The maximum Gasteiger partial charge on any atom is 0.191 e. The van der Waals surface area contributed by atoms with Crippen LogP contribution < -0.4 is 10.6 Å². The van der Waals surface area contributed by atoms with Gasteiger partial charge in [-0.3, -0.25) is 9.89 Å². The van der Waals surface area contributed by atoms with Crippen LogP contribution in [0.5, 0.6) is 0 Å². The van der Waals surface area contributed by atoms with Gasteiger partial charge in [-0.15, -0.1) is 24.0 Å². The van der Waals surface area contributed by atoms with E-state index < -0.39 is 0 Å². The summed E-state index contributed by atoms with van der Waals surface area (Å²) >= 11 is 0. The van der Waals surface area contributed by atoms with E-state index >= 15 is 0 Å². The first-order chi connectivity index (χ1) is 11.9. The number of nitrogens with zero attached hydrogens (tertiary/aromatic N) is 3. The summed E-state index contributed by atoms with van der Waals surface area (Å²) in [4.78, 5) is 9.39. The minimum atomic E-state index is 0. The van der Waals surface area contributed by atoms with Crippen molar-refractivity contribution < 1.29 is 4.74 Å². The smallest absolute Gasteiger partial charge is 0.191 e. The Bertz CT molecular complexity index is 430. The van der Waals surface area contributed by atoms with E-state index in [0.717, 1.165) is 45.1 Å². The molecule has 154 valence electrons. The third kappa shape index (κ3) is 6.49.